The molecule has 0 saturated carbocycles. The van der Waals surface area contributed by atoms with Gasteiger partial charge >= 0.3 is 6.15 Å². The number of rotatable bonds is 22. The number of aryl methyl sites for hydroxylation is 7. The first-order chi connectivity index (χ1) is 65.3. The van der Waals surface area contributed by atoms with Crippen molar-refractivity contribution in [2.45, 2.75) is 176 Å². The summed E-state index contributed by atoms with van der Waals surface area (Å²) in [5.74, 6) is 10.3. The molecule has 0 radical (unpaired) electrons. The molecule has 0 atom stereocenters. The molecule has 5 fully saturated rings. The smallest absolute Gasteiger partial charge is 0.373 e. The fourth-order valence-electron chi connectivity index (χ4n) is 15.4. The molecule has 0 spiro atoms. The van der Waals surface area contributed by atoms with Crippen LogP contribution < -0.4 is 48.2 Å². The van der Waals surface area contributed by atoms with Gasteiger partial charge in [-0.3, -0.25) is 4.79 Å². The number of aliphatic hydroxyl groups is 2. The van der Waals surface area contributed by atoms with Crippen LogP contribution in [0.3, 0.4) is 0 Å². The molecule has 6 aliphatic heterocycles. The van der Waals surface area contributed by atoms with Crippen molar-refractivity contribution in [3.8, 4) is 73.5 Å². The van der Waals surface area contributed by atoms with Crippen molar-refractivity contribution in [2.75, 3.05) is 89.9 Å². The summed E-state index contributed by atoms with van der Waals surface area (Å²) in [5.41, 5.74) is 7.88. The highest BCUT2D eigenvalue weighted by atomic mass is 79.9. The van der Waals surface area contributed by atoms with Crippen molar-refractivity contribution < 1.29 is 66.2 Å². The standard InChI is InChI=1S/C20H23N3O2S.C19H21N5O3.C19H21N5O2.C18H20N4O3S.C17H18BrN5O2S.CO2/c1-3-14-12-16(24)18-19(21-14)22-20(26-18)23-10-8-15(9-11-23)25-17-7-5-4-6-13(17)2;1-13-4-2-3-5-16(13)26-14-8-10-24(11-9-14)17-7-6-15(20-21-17)19-23-22-18(12-25)27-19;1-13-5-3-4-6-17(13)26-15-9-11-24(12-10-15)18-8-7-16(21-22-18)19-23-20-14(2)25-19;1-12-4-2-3-5-14(12)24-13-6-8-22(9-7-13)18-19-10-15(26-18)17-20-16(11-23)25-21-17;1-10-3-4-13(18)14(9-10)24-12-5-7-23(8-6-12)17-21-20-16(26-17)15-19-11(2)25-22-15;2-1-3/h4-7,15H,3,8-12H2,1-2H3;2-7,14,25H,8-12H2,1H3;3-8,15H,9-12H2,1-2H3;2-5,10,13,23H,6-9,11H2,1H3;3-4,9,12H,5-8H2,1-2H3;. The Labute approximate surface area is 793 Å². The molecular weight excluding hydrogens is 1840 g/mol. The number of carbonyl (C=O) groups excluding carboxylic acids is 3. The number of benzene rings is 5. The first kappa shape index (κ1) is 95.4. The van der Waals surface area contributed by atoms with E-state index in [1.807, 2.05) is 104 Å². The minimum atomic E-state index is -0.294. The van der Waals surface area contributed by atoms with Crippen LogP contribution in [0.15, 0.2) is 173 Å². The second kappa shape index (κ2) is 46.4. The Kier molecular flexibility index (Phi) is 33.0. The van der Waals surface area contributed by atoms with Gasteiger partial charge in [-0.05, 0) is 145 Å². The van der Waals surface area contributed by atoms with Gasteiger partial charge in [0.15, 0.2) is 38.5 Å². The van der Waals surface area contributed by atoms with E-state index in [-0.39, 0.29) is 73.3 Å². The summed E-state index contributed by atoms with van der Waals surface area (Å²) in [6, 6.07) is 46.2. The Morgan fingerprint density at radius 1 is 0.440 bits per heavy atom. The zero-order chi connectivity index (χ0) is 93.4. The third-order valence-electron chi connectivity index (χ3n) is 22.8. The number of hydrogen-bond donors (Lipinski definition) is 2. The lowest BCUT2D eigenvalue weighted by Gasteiger charge is -2.32. The number of aliphatic imine (C=N–C) groups is 1. The van der Waals surface area contributed by atoms with Crippen molar-refractivity contribution in [3.05, 3.63) is 206 Å². The van der Waals surface area contributed by atoms with Crippen molar-refractivity contribution in [3.63, 3.8) is 0 Å². The van der Waals surface area contributed by atoms with Crippen molar-refractivity contribution in [1.82, 2.24) is 81.2 Å². The molecule has 0 bridgehead atoms. The summed E-state index contributed by atoms with van der Waals surface area (Å²) in [5, 5.41) is 70.0. The van der Waals surface area contributed by atoms with Crippen LogP contribution in [0.5, 0.6) is 28.7 Å². The molecule has 5 saturated heterocycles. The van der Waals surface area contributed by atoms with Gasteiger partial charge in [0.25, 0.3) is 17.7 Å². The van der Waals surface area contributed by atoms with Gasteiger partial charge in [0.2, 0.25) is 34.5 Å². The van der Waals surface area contributed by atoms with E-state index in [4.69, 9.17) is 61.4 Å². The summed E-state index contributed by atoms with van der Waals surface area (Å²) < 4.78 is 52.4. The van der Waals surface area contributed by atoms with Gasteiger partial charge in [0, 0.05) is 149 Å². The topological polar surface area (TPSA) is 425 Å². The lowest BCUT2D eigenvalue weighted by atomic mass is 10.1. The van der Waals surface area contributed by atoms with Crippen molar-refractivity contribution in [2.24, 2.45) is 4.99 Å². The quantitative estimate of drug-likeness (QED) is 0.0636. The number of anilines is 5. The number of aliphatic hydroxyl groups excluding tert-OH is 2. The molecule has 698 valence electrons. The monoisotopic (exact) mass is 1940 g/mol. The number of thiazole rings is 2. The van der Waals surface area contributed by atoms with Gasteiger partial charge in [0.1, 0.15) is 88.7 Å². The summed E-state index contributed by atoms with van der Waals surface area (Å²) >= 11 is 8.07. The lowest BCUT2D eigenvalue weighted by molar-refractivity contribution is -0.191. The molecule has 0 unspecified atom stereocenters. The SMILES string of the molecule is CCC1=Nc2nc(N3CCC(Oc4ccccc4C)CC3)sc2C(=O)C1.Cc1ccc(Br)c(OC2CCN(c3nnc(-c4noc(C)n4)s3)CC2)c1.Cc1ccccc1OC1CCN(c2ccc(-c3nnc(CO)o3)nn2)CC1.Cc1ccccc1OC1CCN(c2ncc(-c3noc(CO)n3)s2)CC1.Cc1nnc(-c2ccc(N3CCC(Oc4ccccc4C)CC3)nn2)o1.O=C=O. The van der Waals surface area contributed by atoms with Crippen LogP contribution in [0, 0.1) is 48.5 Å². The van der Waals surface area contributed by atoms with Crippen LogP contribution in [-0.2, 0) is 22.8 Å². The number of nitrogens with zero attached hydrogens (tertiary/aromatic N) is 22. The largest absolute Gasteiger partial charge is 0.490 e. The van der Waals surface area contributed by atoms with E-state index in [2.05, 4.69) is 198 Å². The minimum Gasteiger partial charge on any atom is -0.490 e. The molecule has 6 aliphatic rings. The number of ether oxygens (including phenoxy) is 5. The average molecular weight is 1940 g/mol. The Morgan fingerprint density at radius 2 is 0.896 bits per heavy atom. The highest BCUT2D eigenvalue weighted by molar-refractivity contribution is 9.10. The Morgan fingerprint density at radius 3 is 1.33 bits per heavy atom. The minimum absolute atomic E-state index is 0.159. The maximum absolute atomic E-state index is 12.3. The molecule has 15 heterocycles. The van der Waals surface area contributed by atoms with Gasteiger partial charge in [-0.15, -0.1) is 51.0 Å². The van der Waals surface area contributed by atoms with Crippen LogP contribution in [0.4, 0.5) is 32.8 Å². The number of ketones is 1. The number of carbonyl (C=O) groups is 1. The number of halogens is 1. The fraction of sp³-hybridized carbons (Fsp3) is 0.394. The number of fused-ring (bicyclic) bond motifs is 1. The second-order valence-corrected chi connectivity index (χ2v) is 36.2. The highest BCUT2D eigenvalue weighted by Crippen LogP contribution is 2.40. The Hall–Kier alpha value is -13.2. The van der Waals surface area contributed by atoms with E-state index in [0.717, 1.165) is 217 Å². The van der Waals surface area contributed by atoms with E-state index >= 15 is 0 Å². The van der Waals surface area contributed by atoms with Crippen LogP contribution >= 0.6 is 49.9 Å². The molecule has 2 N–H and O–H groups in total. The van der Waals surface area contributed by atoms with Crippen molar-refractivity contribution >= 4 is 100 Å². The molecule has 5 aromatic carbocycles. The van der Waals surface area contributed by atoms with E-state index in [0.29, 0.717) is 58.0 Å². The third kappa shape index (κ3) is 25.6. The number of piperidine rings is 5. The maximum Gasteiger partial charge on any atom is 0.373 e. The molecule has 36 nitrogen and oxygen atoms in total. The predicted octanol–water partition coefficient (Wildman–Crippen LogP) is 16.6. The van der Waals surface area contributed by atoms with Gasteiger partial charge in [-0.25, -0.2) is 9.98 Å². The highest BCUT2D eigenvalue weighted by Gasteiger charge is 2.32. The summed E-state index contributed by atoms with van der Waals surface area (Å²) in [4.78, 5) is 63.3. The number of para-hydroxylation sites is 4. The molecule has 14 aromatic rings. The summed E-state index contributed by atoms with van der Waals surface area (Å²) in [7, 11) is 0. The molecule has 20 rings (SSSR count). The van der Waals surface area contributed by atoms with Crippen LogP contribution in [0.2, 0.25) is 0 Å². The Balaban J connectivity index is 0.000000127. The third-order valence-corrected chi connectivity index (χ3v) is 26.6. The van der Waals surface area contributed by atoms with E-state index < -0.39 is 0 Å². The zero-order valence-corrected chi connectivity index (χ0v) is 79.5. The molecule has 0 amide bonds. The number of Topliss-reactive ketones (excluding diaryl/α,β-unsaturated/α-hetero) is 1. The van der Waals surface area contributed by atoms with Gasteiger partial charge in [-0.2, -0.15) is 24.5 Å². The summed E-state index contributed by atoms with van der Waals surface area (Å²) in [6.07, 6.45) is 13.9. The lowest BCUT2D eigenvalue weighted by Crippen LogP contribution is -2.38. The normalized spacial score (nSPS) is 15.5. The predicted molar refractivity (Wildman–Crippen MR) is 507 cm³/mol. The number of aromatic nitrogens is 16. The molecule has 0 aliphatic carbocycles. The zero-order valence-electron chi connectivity index (χ0n) is 75.4. The van der Waals surface area contributed by atoms with Crippen LogP contribution in [0.1, 0.15) is 145 Å². The first-order valence-electron chi connectivity index (χ1n) is 44.4. The van der Waals surface area contributed by atoms with E-state index in [9.17, 15) is 4.79 Å². The summed E-state index contributed by atoms with van der Waals surface area (Å²) in [6.45, 7) is 24.2. The van der Waals surface area contributed by atoms with Gasteiger partial charge < -0.3 is 76.3 Å². The van der Waals surface area contributed by atoms with Gasteiger partial charge in [-0.1, -0.05) is 130 Å². The first-order valence-corrected chi connectivity index (χ1v) is 47.6. The van der Waals surface area contributed by atoms with E-state index in [1.165, 1.54) is 56.3 Å². The molecular formula is C94H103BrN22O14S3. The second-order valence-electron chi connectivity index (χ2n) is 32.4. The van der Waals surface area contributed by atoms with Crippen LogP contribution in [0.25, 0.3) is 44.7 Å². The van der Waals surface area contributed by atoms with Crippen molar-refractivity contribution in [1.29, 1.82) is 0 Å². The maximum atomic E-state index is 12.3. The Bertz CT molecular complexity index is 6200. The van der Waals surface area contributed by atoms with Gasteiger partial charge in [0.05, 0.1) is 22.0 Å². The molecule has 40 heteroatoms. The number of hydrogen-bond acceptors (Lipinski definition) is 39. The van der Waals surface area contributed by atoms with E-state index in [1.54, 1.807) is 26.1 Å². The molecule has 134 heavy (non-hydrogen) atoms. The molecule has 9 aromatic heterocycles. The van der Waals surface area contributed by atoms with Crippen LogP contribution in [-0.4, -0.2) is 205 Å². The fourth-order valence-corrected chi connectivity index (χ4v) is 18.4. The average Bonchev–Trinajstić information content (AvgIpc) is 1.67.